The Morgan fingerprint density at radius 1 is 1.28 bits per heavy atom. The van der Waals surface area contributed by atoms with Gasteiger partial charge in [-0.1, -0.05) is 0 Å². The lowest BCUT2D eigenvalue weighted by atomic mass is 10.2. The van der Waals surface area contributed by atoms with Crippen LogP contribution in [-0.2, 0) is 17.8 Å². The molecule has 3 rings (SSSR count). The largest absolute Gasteiger partial charge is 0.481 e. The molecule has 0 saturated heterocycles. The highest BCUT2D eigenvalue weighted by Crippen LogP contribution is 2.24. The lowest BCUT2D eigenvalue weighted by Crippen LogP contribution is -2.20. The number of fused-ring (bicyclic) bond motifs is 1. The van der Waals surface area contributed by atoms with Gasteiger partial charge in [0.2, 0.25) is 17.7 Å². The molecular formula is C18H18F3N5O3. The zero-order chi connectivity index (χ0) is 21.0. The van der Waals surface area contributed by atoms with Crippen molar-refractivity contribution < 1.29 is 27.4 Å². The van der Waals surface area contributed by atoms with Crippen LogP contribution in [0.3, 0.4) is 0 Å². The molecule has 0 bridgehead atoms. The van der Waals surface area contributed by atoms with Gasteiger partial charge in [0.15, 0.2) is 6.61 Å². The van der Waals surface area contributed by atoms with E-state index in [-0.39, 0.29) is 30.6 Å². The molecular weight excluding hydrogens is 391 g/mol. The average molecular weight is 409 g/mol. The molecule has 0 radical (unpaired) electrons. The predicted octanol–water partition coefficient (Wildman–Crippen LogP) is 2.11. The maximum Gasteiger partial charge on any atom is 0.422 e. The second kappa shape index (κ2) is 8.33. The number of halogens is 3. The zero-order valence-electron chi connectivity index (χ0n) is 15.7. The molecule has 1 amide bonds. The minimum absolute atomic E-state index is 0.121. The van der Waals surface area contributed by atoms with E-state index in [1.54, 1.807) is 36.3 Å². The highest BCUT2D eigenvalue weighted by molar-refractivity contribution is 5.86. The lowest BCUT2D eigenvalue weighted by Gasteiger charge is -2.11. The first kappa shape index (κ1) is 20.4. The third-order valence-corrected chi connectivity index (χ3v) is 3.99. The topological polar surface area (TPSA) is 91.2 Å². The summed E-state index contributed by atoms with van der Waals surface area (Å²) in [5.74, 6) is -0.225. The van der Waals surface area contributed by atoms with Crippen LogP contribution >= 0.6 is 0 Å². The van der Waals surface area contributed by atoms with Crippen LogP contribution in [0.1, 0.15) is 11.3 Å². The highest BCUT2D eigenvalue weighted by Gasteiger charge is 2.28. The molecule has 0 aliphatic rings. The van der Waals surface area contributed by atoms with E-state index < -0.39 is 12.8 Å². The second-order valence-corrected chi connectivity index (χ2v) is 6.09. The Hall–Kier alpha value is -3.37. The average Bonchev–Trinajstić information content (AvgIpc) is 3.10. The van der Waals surface area contributed by atoms with Crippen molar-refractivity contribution >= 4 is 16.8 Å². The molecule has 3 heterocycles. The Morgan fingerprint density at radius 3 is 2.76 bits per heavy atom. The number of alkyl halides is 3. The number of likely N-dealkylation sites (N-methyl/N-ethyl adjacent to an activating group) is 1. The maximum atomic E-state index is 12.3. The van der Waals surface area contributed by atoms with Crippen molar-refractivity contribution in [2.75, 3.05) is 20.8 Å². The van der Waals surface area contributed by atoms with Crippen molar-refractivity contribution in [3.05, 3.63) is 41.9 Å². The fraction of sp³-hybridized carbons (Fsp3) is 0.333. The number of amides is 1. The van der Waals surface area contributed by atoms with Crippen LogP contribution in [-0.4, -0.2) is 52.6 Å². The van der Waals surface area contributed by atoms with Gasteiger partial charge < -0.3 is 14.8 Å². The van der Waals surface area contributed by atoms with Crippen molar-refractivity contribution in [1.29, 1.82) is 0 Å². The summed E-state index contributed by atoms with van der Waals surface area (Å²) in [6.07, 6.45) is -1.01. The third-order valence-electron chi connectivity index (χ3n) is 3.99. The lowest BCUT2D eigenvalue weighted by molar-refractivity contribution is -0.154. The van der Waals surface area contributed by atoms with Crippen molar-refractivity contribution in [3.8, 4) is 11.8 Å². The standard InChI is InChI=1S/C18H18F3N5O3/c1-22-15(27)7-14-12-9-26(25-13(12)5-6-23-14)8-11-3-4-16(24-17(11)28-2)29-10-18(19,20)21/h3-6,9H,7-8,10H2,1-2H3,(H,22,27). The summed E-state index contributed by atoms with van der Waals surface area (Å²) >= 11 is 0. The van der Waals surface area contributed by atoms with E-state index in [0.29, 0.717) is 16.8 Å². The van der Waals surface area contributed by atoms with Gasteiger partial charge in [-0.3, -0.25) is 14.5 Å². The van der Waals surface area contributed by atoms with Crippen molar-refractivity contribution in [1.82, 2.24) is 25.1 Å². The first-order valence-corrected chi connectivity index (χ1v) is 8.54. The van der Waals surface area contributed by atoms with Gasteiger partial charge in [-0.2, -0.15) is 23.3 Å². The second-order valence-electron chi connectivity index (χ2n) is 6.09. The van der Waals surface area contributed by atoms with Gasteiger partial charge in [-0.15, -0.1) is 0 Å². The van der Waals surface area contributed by atoms with E-state index in [1.165, 1.54) is 13.2 Å². The number of rotatable bonds is 7. The molecule has 0 aliphatic carbocycles. The molecule has 0 unspecified atom stereocenters. The molecule has 1 N–H and O–H groups in total. The monoisotopic (exact) mass is 409 g/mol. The van der Waals surface area contributed by atoms with Crippen LogP contribution in [0.4, 0.5) is 13.2 Å². The first-order chi connectivity index (χ1) is 13.8. The van der Waals surface area contributed by atoms with E-state index >= 15 is 0 Å². The van der Waals surface area contributed by atoms with Gasteiger partial charge in [0.1, 0.15) is 0 Å². The molecule has 11 heteroatoms. The molecule has 0 fully saturated rings. The molecule has 154 valence electrons. The predicted molar refractivity (Wildman–Crippen MR) is 96.7 cm³/mol. The van der Waals surface area contributed by atoms with E-state index in [1.807, 2.05) is 0 Å². The number of hydrogen-bond acceptors (Lipinski definition) is 6. The SMILES string of the molecule is CNC(=O)Cc1nccc2nn(Cc3ccc(OCC(F)(F)F)nc3OC)cc12. The fourth-order valence-electron chi connectivity index (χ4n) is 2.67. The number of carbonyl (C=O) groups is 1. The van der Waals surface area contributed by atoms with Gasteiger partial charge in [0.05, 0.1) is 31.3 Å². The smallest absolute Gasteiger partial charge is 0.422 e. The summed E-state index contributed by atoms with van der Waals surface area (Å²) in [5, 5.41) is 7.73. The number of carbonyl (C=O) groups excluding carboxylic acids is 1. The van der Waals surface area contributed by atoms with E-state index in [4.69, 9.17) is 4.74 Å². The van der Waals surface area contributed by atoms with E-state index in [2.05, 4.69) is 25.1 Å². The maximum absolute atomic E-state index is 12.3. The molecule has 0 aliphatic heterocycles. The van der Waals surface area contributed by atoms with Gasteiger partial charge >= 0.3 is 6.18 Å². The molecule has 3 aromatic heterocycles. The third kappa shape index (κ3) is 5.12. The van der Waals surface area contributed by atoms with Crippen LogP contribution in [0.25, 0.3) is 10.9 Å². The molecule has 0 atom stereocenters. The number of nitrogens with zero attached hydrogens (tertiary/aromatic N) is 4. The minimum Gasteiger partial charge on any atom is -0.481 e. The number of aromatic nitrogens is 4. The number of methoxy groups -OCH3 is 1. The minimum atomic E-state index is -4.46. The summed E-state index contributed by atoms with van der Waals surface area (Å²) in [6, 6.07) is 4.63. The highest BCUT2D eigenvalue weighted by atomic mass is 19.4. The van der Waals surface area contributed by atoms with Gasteiger partial charge in [0, 0.05) is 36.5 Å². The van der Waals surface area contributed by atoms with Crippen molar-refractivity contribution in [3.63, 3.8) is 0 Å². The van der Waals surface area contributed by atoms with Crippen LogP contribution < -0.4 is 14.8 Å². The Bertz CT molecular complexity index is 1020. The number of hydrogen-bond donors (Lipinski definition) is 1. The summed E-state index contributed by atoms with van der Waals surface area (Å²) in [7, 11) is 2.91. The number of ether oxygens (including phenoxy) is 2. The van der Waals surface area contributed by atoms with Gasteiger partial charge in [-0.05, 0) is 12.1 Å². The van der Waals surface area contributed by atoms with Crippen LogP contribution in [0, 0.1) is 0 Å². The van der Waals surface area contributed by atoms with Crippen LogP contribution in [0.2, 0.25) is 0 Å². The van der Waals surface area contributed by atoms with Crippen molar-refractivity contribution in [2.24, 2.45) is 0 Å². The van der Waals surface area contributed by atoms with Gasteiger partial charge in [0.25, 0.3) is 0 Å². The number of pyridine rings is 2. The van der Waals surface area contributed by atoms with Crippen molar-refractivity contribution in [2.45, 2.75) is 19.1 Å². The van der Waals surface area contributed by atoms with E-state index in [0.717, 1.165) is 5.39 Å². The van der Waals surface area contributed by atoms with Crippen LogP contribution in [0.5, 0.6) is 11.8 Å². The fourth-order valence-corrected chi connectivity index (χ4v) is 2.67. The summed E-state index contributed by atoms with van der Waals surface area (Å²) in [4.78, 5) is 19.9. The molecule has 29 heavy (non-hydrogen) atoms. The summed E-state index contributed by atoms with van der Waals surface area (Å²) in [5.41, 5.74) is 1.85. The Balaban J connectivity index is 1.83. The molecule has 8 nitrogen and oxygen atoms in total. The van der Waals surface area contributed by atoms with Gasteiger partial charge in [-0.25, -0.2) is 0 Å². The quantitative estimate of drug-likeness (QED) is 0.643. The normalized spacial score (nSPS) is 11.5. The molecule has 0 saturated carbocycles. The molecule has 0 aromatic carbocycles. The first-order valence-electron chi connectivity index (χ1n) is 8.54. The Kier molecular flexibility index (Phi) is 5.85. The Morgan fingerprint density at radius 2 is 2.07 bits per heavy atom. The molecule has 0 spiro atoms. The Labute approximate surface area is 163 Å². The summed E-state index contributed by atoms with van der Waals surface area (Å²) < 4.78 is 48.3. The van der Waals surface area contributed by atoms with E-state index in [9.17, 15) is 18.0 Å². The van der Waals surface area contributed by atoms with Crippen LogP contribution in [0.15, 0.2) is 30.6 Å². The molecule has 3 aromatic rings. The number of nitrogens with one attached hydrogen (secondary N) is 1. The zero-order valence-corrected chi connectivity index (χ0v) is 15.7. The summed E-state index contributed by atoms with van der Waals surface area (Å²) in [6.45, 7) is -1.18.